The van der Waals surface area contributed by atoms with Gasteiger partial charge in [0.05, 0.1) is 27.3 Å². The fourth-order valence-electron chi connectivity index (χ4n) is 2.39. The molecule has 0 unspecified atom stereocenters. The molecule has 2 N–H and O–H groups in total. The van der Waals surface area contributed by atoms with Gasteiger partial charge in [-0.15, -0.1) is 0 Å². The lowest BCUT2D eigenvalue weighted by Crippen LogP contribution is -2.21. The second-order valence-electron chi connectivity index (χ2n) is 6.08. The van der Waals surface area contributed by atoms with Gasteiger partial charge in [0.1, 0.15) is 5.69 Å². The van der Waals surface area contributed by atoms with Gasteiger partial charge in [-0.2, -0.15) is 0 Å². The van der Waals surface area contributed by atoms with E-state index in [9.17, 15) is 9.59 Å². The van der Waals surface area contributed by atoms with E-state index in [0.29, 0.717) is 20.9 Å². The Bertz CT molecular complexity index is 948. The maximum Gasteiger partial charge on any atom is 0.264 e. The van der Waals surface area contributed by atoms with E-state index in [1.165, 1.54) is 13.1 Å². The molecule has 3 rings (SSSR count). The van der Waals surface area contributed by atoms with Crippen LogP contribution in [-0.4, -0.2) is 30.6 Å². The van der Waals surface area contributed by atoms with Crippen LogP contribution in [0.15, 0.2) is 70.3 Å². The normalized spacial score (nSPS) is 21.7. The first-order valence-electron chi connectivity index (χ1n) is 9.55. The van der Waals surface area contributed by atoms with E-state index in [1.54, 1.807) is 18.2 Å². The Labute approximate surface area is 196 Å². The van der Waals surface area contributed by atoms with Crippen molar-refractivity contribution in [3.8, 4) is 0 Å². The van der Waals surface area contributed by atoms with Gasteiger partial charge in [-0.05, 0) is 43.3 Å². The van der Waals surface area contributed by atoms with Gasteiger partial charge in [0.15, 0.2) is 5.17 Å². The van der Waals surface area contributed by atoms with Crippen LogP contribution in [0.5, 0.6) is 0 Å². The lowest BCUT2D eigenvalue weighted by Gasteiger charge is -2.06. The van der Waals surface area contributed by atoms with Gasteiger partial charge < -0.3 is 15.4 Å². The van der Waals surface area contributed by atoms with Crippen LogP contribution in [0.25, 0.3) is 0 Å². The number of aliphatic imine (C=N–C) groups is 1. The van der Waals surface area contributed by atoms with Gasteiger partial charge in [0.2, 0.25) is 5.91 Å². The highest BCUT2D eigenvalue weighted by atomic mass is 35.5. The third kappa shape index (κ3) is 8.28. The number of amides is 2. The first-order valence-corrected chi connectivity index (χ1v) is 11.1. The first kappa shape index (κ1) is 24.8. The summed E-state index contributed by atoms with van der Waals surface area (Å²) in [6.45, 7) is 2.78. The van der Waals surface area contributed by atoms with Crippen molar-refractivity contribution in [3.63, 3.8) is 0 Å². The quantitative estimate of drug-likeness (QED) is 0.575. The molecule has 0 aromatic heterocycles. The van der Waals surface area contributed by atoms with Crippen LogP contribution in [0.4, 0.5) is 5.69 Å². The standard InChI is InChI=1S/C12H9Cl2N3O2S.C10H14O/c1-15-9(18)5-8-11(19)17-12(20-8)16-10-6(13)3-2-4-7(10)14;1-2-11-10-8-6-4-3-5-7-9-10/h2-5H,1H3,(H,15,18)(H,16,17,19);3-6,8H,2,7,9H2,1H3/b8-5-;5-3-,6-4-,10-8+. The number of hydrogen-bond acceptors (Lipinski definition) is 5. The second kappa shape index (κ2) is 13.0. The van der Waals surface area contributed by atoms with Crippen LogP contribution in [0, 0.1) is 0 Å². The zero-order valence-electron chi connectivity index (χ0n) is 17.2. The number of allylic oxidation sites excluding steroid dienone is 6. The number of ether oxygens (including phenoxy) is 1. The highest BCUT2D eigenvalue weighted by Crippen LogP contribution is 2.35. The molecule has 1 aromatic rings. The second-order valence-corrected chi connectivity index (χ2v) is 7.93. The number of nitrogens with one attached hydrogen (secondary N) is 2. The number of rotatable bonds is 4. The van der Waals surface area contributed by atoms with Gasteiger partial charge in [0, 0.05) is 19.5 Å². The molecule has 1 aliphatic heterocycles. The minimum absolute atomic E-state index is 0.256. The molecular weight excluding hydrogens is 457 g/mol. The third-order valence-electron chi connectivity index (χ3n) is 3.84. The van der Waals surface area contributed by atoms with Crippen molar-refractivity contribution in [2.24, 2.45) is 4.99 Å². The Hall–Kier alpha value is -2.48. The Balaban J connectivity index is 0.000000262. The molecule has 1 heterocycles. The summed E-state index contributed by atoms with van der Waals surface area (Å²) >= 11 is 13.0. The molecule has 0 atom stereocenters. The van der Waals surface area contributed by atoms with Crippen molar-refractivity contribution in [1.82, 2.24) is 10.6 Å². The number of likely N-dealkylation sites (N-methyl/N-ethyl adjacent to an activating group) is 1. The van der Waals surface area contributed by atoms with Crippen molar-refractivity contribution in [2.75, 3.05) is 13.7 Å². The average molecular weight is 480 g/mol. The number of carbonyl (C=O) groups is 2. The Morgan fingerprint density at radius 1 is 1.29 bits per heavy atom. The molecule has 31 heavy (non-hydrogen) atoms. The number of nitrogens with zero attached hydrogens (tertiary/aromatic N) is 1. The van der Waals surface area contributed by atoms with Crippen LogP contribution in [0.2, 0.25) is 10.0 Å². The largest absolute Gasteiger partial charge is 0.498 e. The maximum atomic E-state index is 11.7. The molecule has 0 bridgehead atoms. The van der Waals surface area contributed by atoms with E-state index in [0.717, 1.165) is 37.0 Å². The predicted molar refractivity (Wildman–Crippen MR) is 129 cm³/mol. The Morgan fingerprint density at radius 2 is 2.03 bits per heavy atom. The molecule has 1 aliphatic carbocycles. The number of carbonyl (C=O) groups excluding carboxylic acids is 2. The van der Waals surface area contributed by atoms with E-state index in [2.05, 4.69) is 27.8 Å². The molecule has 0 spiro atoms. The molecule has 2 aliphatic rings. The van der Waals surface area contributed by atoms with Gasteiger partial charge in [0.25, 0.3) is 5.91 Å². The molecule has 0 saturated carbocycles. The van der Waals surface area contributed by atoms with Gasteiger partial charge >= 0.3 is 0 Å². The monoisotopic (exact) mass is 479 g/mol. The number of thioether (sulfide) groups is 1. The fraction of sp³-hybridized carbons (Fsp3) is 0.227. The number of amidine groups is 1. The summed E-state index contributed by atoms with van der Waals surface area (Å²) in [6, 6.07) is 5.00. The maximum absolute atomic E-state index is 11.7. The number of hydrogen-bond donors (Lipinski definition) is 2. The third-order valence-corrected chi connectivity index (χ3v) is 5.36. The number of halogens is 2. The van der Waals surface area contributed by atoms with Crippen molar-refractivity contribution in [3.05, 3.63) is 75.4 Å². The van der Waals surface area contributed by atoms with Crippen LogP contribution < -0.4 is 10.6 Å². The van der Waals surface area contributed by atoms with Crippen LogP contribution in [-0.2, 0) is 14.3 Å². The van der Waals surface area contributed by atoms with Crippen LogP contribution in [0.3, 0.4) is 0 Å². The zero-order chi connectivity index (χ0) is 22.6. The van der Waals surface area contributed by atoms with Gasteiger partial charge in [-0.3, -0.25) is 9.59 Å². The molecule has 9 heteroatoms. The summed E-state index contributed by atoms with van der Waals surface area (Å²) in [7, 11) is 1.48. The zero-order valence-corrected chi connectivity index (χ0v) is 19.5. The molecule has 6 nitrogen and oxygen atoms in total. The van der Waals surface area contributed by atoms with Gasteiger partial charge in [-0.1, -0.05) is 53.6 Å². The van der Waals surface area contributed by atoms with Crippen LogP contribution >= 0.6 is 35.0 Å². The Kier molecular flexibility index (Phi) is 10.4. The molecular formula is C22H23Cl2N3O3S. The highest BCUT2D eigenvalue weighted by molar-refractivity contribution is 8.18. The van der Waals surface area contributed by atoms with E-state index < -0.39 is 0 Å². The summed E-state index contributed by atoms with van der Waals surface area (Å²) in [4.78, 5) is 27.4. The number of benzene rings is 1. The van der Waals surface area contributed by atoms with Gasteiger partial charge in [-0.25, -0.2) is 4.99 Å². The predicted octanol–water partition coefficient (Wildman–Crippen LogP) is 5.29. The minimum atomic E-state index is -0.388. The van der Waals surface area contributed by atoms with Crippen molar-refractivity contribution in [1.29, 1.82) is 0 Å². The van der Waals surface area contributed by atoms with E-state index in [1.807, 2.05) is 25.2 Å². The summed E-state index contributed by atoms with van der Waals surface area (Å²) in [5, 5.41) is 6.03. The molecule has 1 fully saturated rings. The summed E-state index contributed by atoms with van der Waals surface area (Å²) in [5.74, 6) is 0.341. The topological polar surface area (TPSA) is 79.8 Å². The van der Waals surface area contributed by atoms with Crippen molar-refractivity contribution in [2.45, 2.75) is 19.8 Å². The van der Waals surface area contributed by atoms with E-state index >= 15 is 0 Å². The van der Waals surface area contributed by atoms with Crippen LogP contribution in [0.1, 0.15) is 19.8 Å². The lowest BCUT2D eigenvalue weighted by molar-refractivity contribution is -0.117. The lowest BCUT2D eigenvalue weighted by atomic mass is 10.2. The summed E-state index contributed by atoms with van der Waals surface area (Å²) in [6.07, 6.45) is 13.6. The molecule has 1 saturated heterocycles. The molecule has 164 valence electrons. The molecule has 1 aromatic carbocycles. The SMILES string of the molecule is CCO/C1=C/C=C\C=C/CC1.CNC(=O)/C=C1\SC(=Nc2c(Cl)cccc2Cl)NC1=O. The van der Waals surface area contributed by atoms with E-state index in [4.69, 9.17) is 27.9 Å². The smallest absolute Gasteiger partial charge is 0.264 e. The summed E-state index contributed by atoms with van der Waals surface area (Å²) in [5.41, 5.74) is 0.375. The average Bonchev–Trinajstić information content (AvgIpc) is 3.06. The summed E-state index contributed by atoms with van der Waals surface area (Å²) < 4.78 is 5.39. The number of para-hydroxylation sites is 1. The minimum Gasteiger partial charge on any atom is -0.498 e. The highest BCUT2D eigenvalue weighted by Gasteiger charge is 2.25. The fourth-order valence-corrected chi connectivity index (χ4v) is 3.67. The Morgan fingerprint density at radius 3 is 2.71 bits per heavy atom. The van der Waals surface area contributed by atoms with Crippen molar-refractivity contribution >= 4 is 57.6 Å². The first-order chi connectivity index (χ1) is 14.9. The van der Waals surface area contributed by atoms with Crippen molar-refractivity contribution < 1.29 is 14.3 Å². The molecule has 0 radical (unpaired) electrons. The molecule has 2 amide bonds. The van der Waals surface area contributed by atoms with E-state index in [-0.39, 0.29) is 16.7 Å².